The van der Waals surface area contributed by atoms with Crippen molar-refractivity contribution in [3.63, 3.8) is 0 Å². The first-order chi connectivity index (χ1) is 11.1. The van der Waals surface area contributed by atoms with Crippen molar-refractivity contribution >= 4 is 17.5 Å². The van der Waals surface area contributed by atoms with Crippen molar-refractivity contribution < 1.29 is 4.79 Å². The number of nitrogens with zero attached hydrogens (tertiary/aromatic N) is 1. The summed E-state index contributed by atoms with van der Waals surface area (Å²) in [5.41, 5.74) is 3.09. The lowest BCUT2D eigenvalue weighted by atomic mass is 10.0. The standard InChI is InChI=1S/C18H16ClN3O/c1-12-15(8-10-20-12)18(23)22-17(16-7-2-3-9-21-16)13-5-4-6-14(19)11-13/h2-11,17,20H,1H3,(H,22,23). The summed E-state index contributed by atoms with van der Waals surface area (Å²) in [6.07, 6.45) is 3.46. The van der Waals surface area contributed by atoms with Gasteiger partial charge in [-0.25, -0.2) is 0 Å². The van der Waals surface area contributed by atoms with E-state index >= 15 is 0 Å². The third kappa shape index (κ3) is 3.43. The first-order valence-corrected chi connectivity index (χ1v) is 7.64. The van der Waals surface area contributed by atoms with Gasteiger partial charge >= 0.3 is 0 Å². The fraction of sp³-hybridized carbons (Fsp3) is 0.111. The van der Waals surface area contributed by atoms with E-state index in [1.165, 1.54) is 0 Å². The molecule has 0 aliphatic rings. The van der Waals surface area contributed by atoms with Crippen molar-refractivity contribution in [2.24, 2.45) is 0 Å². The van der Waals surface area contributed by atoms with Gasteiger partial charge in [0.15, 0.2) is 0 Å². The predicted molar refractivity (Wildman–Crippen MR) is 90.5 cm³/mol. The topological polar surface area (TPSA) is 57.8 Å². The number of nitrogens with one attached hydrogen (secondary N) is 2. The van der Waals surface area contributed by atoms with Crippen LogP contribution in [0.15, 0.2) is 60.9 Å². The highest BCUT2D eigenvalue weighted by atomic mass is 35.5. The molecule has 1 unspecified atom stereocenters. The molecule has 0 aliphatic heterocycles. The zero-order valence-electron chi connectivity index (χ0n) is 12.6. The maximum Gasteiger partial charge on any atom is 0.253 e. The van der Waals surface area contributed by atoms with Crippen LogP contribution in [0, 0.1) is 6.92 Å². The van der Waals surface area contributed by atoms with Gasteiger partial charge < -0.3 is 10.3 Å². The molecule has 3 rings (SSSR count). The zero-order chi connectivity index (χ0) is 16.2. The molecule has 1 aromatic carbocycles. The number of halogens is 1. The Morgan fingerprint density at radius 3 is 2.74 bits per heavy atom. The first kappa shape index (κ1) is 15.3. The molecule has 0 radical (unpaired) electrons. The second-order valence-electron chi connectivity index (χ2n) is 5.23. The number of rotatable bonds is 4. The van der Waals surface area contributed by atoms with Crippen LogP contribution in [0.5, 0.6) is 0 Å². The van der Waals surface area contributed by atoms with Gasteiger partial charge in [-0.3, -0.25) is 9.78 Å². The van der Waals surface area contributed by atoms with Gasteiger partial charge in [-0.2, -0.15) is 0 Å². The molecule has 0 bridgehead atoms. The zero-order valence-corrected chi connectivity index (χ0v) is 13.3. The number of aromatic amines is 1. The minimum absolute atomic E-state index is 0.153. The van der Waals surface area contributed by atoms with Crippen LogP contribution in [0.25, 0.3) is 0 Å². The molecule has 4 nitrogen and oxygen atoms in total. The largest absolute Gasteiger partial charge is 0.365 e. The lowest BCUT2D eigenvalue weighted by Gasteiger charge is -2.19. The van der Waals surface area contributed by atoms with E-state index in [0.29, 0.717) is 10.6 Å². The number of hydrogen-bond donors (Lipinski definition) is 2. The Kier molecular flexibility index (Phi) is 4.44. The molecular formula is C18H16ClN3O. The maximum absolute atomic E-state index is 12.6. The minimum atomic E-state index is -0.364. The summed E-state index contributed by atoms with van der Waals surface area (Å²) >= 11 is 6.10. The number of carbonyl (C=O) groups is 1. The molecule has 116 valence electrons. The van der Waals surface area contributed by atoms with Crippen molar-refractivity contribution in [1.82, 2.24) is 15.3 Å². The molecule has 0 saturated carbocycles. The Bertz CT molecular complexity index is 814. The molecule has 2 heterocycles. The third-order valence-electron chi connectivity index (χ3n) is 3.64. The number of benzene rings is 1. The summed E-state index contributed by atoms with van der Waals surface area (Å²) < 4.78 is 0. The van der Waals surface area contributed by atoms with Crippen molar-refractivity contribution in [2.75, 3.05) is 0 Å². The van der Waals surface area contributed by atoms with Crippen LogP contribution in [-0.2, 0) is 0 Å². The number of H-pyrrole nitrogens is 1. The summed E-state index contributed by atoms with van der Waals surface area (Å²) in [7, 11) is 0. The highest BCUT2D eigenvalue weighted by Gasteiger charge is 2.20. The number of pyridine rings is 1. The maximum atomic E-state index is 12.6. The molecule has 23 heavy (non-hydrogen) atoms. The van der Waals surface area contributed by atoms with Gasteiger partial charge in [0.25, 0.3) is 5.91 Å². The second-order valence-corrected chi connectivity index (χ2v) is 5.67. The van der Waals surface area contributed by atoms with E-state index in [9.17, 15) is 4.79 Å². The van der Waals surface area contributed by atoms with E-state index in [0.717, 1.165) is 17.0 Å². The van der Waals surface area contributed by atoms with Crippen LogP contribution in [0.2, 0.25) is 5.02 Å². The molecule has 5 heteroatoms. The molecule has 1 amide bonds. The molecule has 3 aromatic rings. The number of amides is 1. The number of aryl methyl sites for hydroxylation is 1. The van der Waals surface area contributed by atoms with E-state index < -0.39 is 0 Å². The van der Waals surface area contributed by atoms with Gasteiger partial charge in [-0.15, -0.1) is 0 Å². The fourth-order valence-corrected chi connectivity index (χ4v) is 2.67. The second kappa shape index (κ2) is 6.67. The Morgan fingerprint density at radius 1 is 1.22 bits per heavy atom. The van der Waals surface area contributed by atoms with Crippen LogP contribution >= 0.6 is 11.6 Å². The highest BCUT2D eigenvalue weighted by molar-refractivity contribution is 6.30. The Balaban J connectivity index is 1.96. The number of aromatic nitrogens is 2. The Morgan fingerprint density at radius 2 is 2.09 bits per heavy atom. The number of carbonyl (C=O) groups excluding carboxylic acids is 1. The molecule has 2 aromatic heterocycles. The lowest BCUT2D eigenvalue weighted by molar-refractivity contribution is 0.0942. The average Bonchev–Trinajstić information content (AvgIpc) is 2.99. The smallest absolute Gasteiger partial charge is 0.253 e. The molecule has 0 saturated heterocycles. The van der Waals surface area contributed by atoms with E-state index in [2.05, 4.69) is 15.3 Å². The van der Waals surface area contributed by atoms with E-state index in [4.69, 9.17) is 11.6 Å². The SMILES string of the molecule is Cc1[nH]ccc1C(=O)NC(c1cccc(Cl)c1)c1ccccn1. The van der Waals surface area contributed by atoms with Crippen LogP contribution in [0.3, 0.4) is 0 Å². The van der Waals surface area contributed by atoms with Crippen LogP contribution < -0.4 is 5.32 Å². The van der Waals surface area contributed by atoms with Crippen molar-refractivity contribution in [1.29, 1.82) is 0 Å². The summed E-state index contributed by atoms with van der Waals surface area (Å²) in [5, 5.41) is 3.66. The lowest BCUT2D eigenvalue weighted by Crippen LogP contribution is -2.30. The van der Waals surface area contributed by atoms with Crippen LogP contribution in [0.4, 0.5) is 0 Å². The van der Waals surface area contributed by atoms with Gasteiger partial charge in [0, 0.05) is 23.1 Å². The monoisotopic (exact) mass is 325 g/mol. The normalized spacial score (nSPS) is 11.9. The summed E-state index contributed by atoms with van der Waals surface area (Å²) in [6.45, 7) is 1.87. The quantitative estimate of drug-likeness (QED) is 0.764. The average molecular weight is 326 g/mol. The van der Waals surface area contributed by atoms with Gasteiger partial charge in [-0.1, -0.05) is 29.8 Å². The molecule has 0 fully saturated rings. The molecule has 1 atom stereocenters. The molecule has 0 aliphatic carbocycles. The van der Waals surface area contributed by atoms with Crippen molar-refractivity contribution in [3.8, 4) is 0 Å². The molecular weight excluding hydrogens is 310 g/mol. The van der Waals surface area contributed by atoms with Crippen molar-refractivity contribution in [2.45, 2.75) is 13.0 Å². The summed E-state index contributed by atoms with van der Waals surface area (Å²) in [5.74, 6) is -0.153. The first-order valence-electron chi connectivity index (χ1n) is 7.26. The Hall–Kier alpha value is -2.59. The fourth-order valence-electron chi connectivity index (χ4n) is 2.47. The van der Waals surface area contributed by atoms with Crippen LogP contribution in [0.1, 0.15) is 33.4 Å². The van der Waals surface area contributed by atoms with E-state index in [-0.39, 0.29) is 11.9 Å². The van der Waals surface area contributed by atoms with Gasteiger partial charge in [-0.05, 0) is 42.8 Å². The van der Waals surface area contributed by atoms with Crippen molar-refractivity contribution in [3.05, 3.63) is 88.5 Å². The van der Waals surface area contributed by atoms with Gasteiger partial charge in [0.2, 0.25) is 0 Å². The predicted octanol–water partition coefficient (Wildman–Crippen LogP) is 3.89. The molecule has 0 spiro atoms. The van der Waals surface area contributed by atoms with E-state index in [1.807, 2.05) is 43.3 Å². The number of hydrogen-bond acceptors (Lipinski definition) is 2. The summed E-state index contributed by atoms with van der Waals surface area (Å²) in [6, 6.07) is 14.5. The van der Waals surface area contributed by atoms with E-state index in [1.54, 1.807) is 24.5 Å². The van der Waals surface area contributed by atoms with Gasteiger partial charge in [0.1, 0.15) is 0 Å². The third-order valence-corrected chi connectivity index (χ3v) is 3.87. The Labute approximate surface area is 139 Å². The highest BCUT2D eigenvalue weighted by Crippen LogP contribution is 2.23. The van der Waals surface area contributed by atoms with Crippen LogP contribution in [-0.4, -0.2) is 15.9 Å². The molecule has 2 N–H and O–H groups in total. The summed E-state index contributed by atoms with van der Waals surface area (Å²) in [4.78, 5) is 20.0. The van der Waals surface area contributed by atoms with Gasteiger partial charge in [0.05, 0.1) is 17.3 Å². The minimum Gasteiger partial charge on any atom is -0.365 e.